The van der Waals surface area contributed by atoms with Crippen molar-refractivity contribution in [2.45, 2.75) is 25.0 Å². The summed E-state index contributed by atoms with van der Waals surface area (Å²) in [7, 11) is 3.99. The minimum absolute atomic E-state index is 0.542. The van der Waals surface area contributed by atoms with Crippen LogP contribution >= 0.6 is 0 Å². The van der Waals surface area contributed by atoms with Gasteiger partial charge in [-0.15, -0.1) is 0 Å². The van der Waals surface area contributed by atoms with Crippen LogP contribution in [0.5, 0.6) is 5.75 Å². The van der Waals surface area contributed by atoms with Crippen LogP contribution in [0.4, 0.5) is 0 Å². The summed E-state index contributed by atoms with van der Waals surface area (Å²) in [5.74, 6) is 0.932. The highest BCUT2D eigenvalue weighted by Gasteiger charge is 2.42. The summed E-state index contributed by atoms with van der Waals surface area (Å²) in [6, 6.07) is 6.99. The molecule has 0 spiro atoms. The van der Waals surface area contributed by atoms with Gasteiger partial charge in [0.1, 0.15) is 5.75 Å². The fourth-order valence-corrected chi connectivity index (χ4v) is 4.96. The Hall–Kier alpha value is -1.56. The lowest BCUT2D eigenvalue weighted by molar-refractivity contribution is -0.0772. The summed E-state index contributed by atoms with van der Waals surface area (Å²) >= 11 is 0. The van der Waals surface area contributed by atoms with Gasteiger partial charge in [0.05, 0.1) is 19.3 Å². The Morgan fingerprint density at radius 3 is 2.96 bits per heavy atom. The lowest BCUT2D eigenvalue weighted by Gasteiger charge is -2.53. The number of methoxy groups -OCH3 is 1. The molecule has 24 heavy (non-hydrogen) atoms. The Balaban J connectivity index is 1.54. The van der Waals surface area contributed by atoms with Crippen molar-refractivity contribution in [3.05, 3.63) is 29.5 Å². The Bertz CT molecular complexity index is 770. The molecule has 1 aromatic carbocycles. The number of nitrogens with one attached hydrogen (secondary N) is 1. The third-order valence-corrected chi connectivity index (χ3v) is 6.24. The standard InChI is InChI=1S/C19H26N4O/c1-21-9-10-22-7-6-17-19-15(5-8-23(17)18(22)12-21)14-4-3-13(24-2)11-16(14)20-19/h3-4,11,17-18,20H,5-10,12H2,1-2H3/t17-,18-/m0/s1. The molecule has 128 valence electrons. The highest BCUT2D eigenvalue weighted by atomic mass is 16.5. The van der Waals surface area contributed by atoms with Crippen molar-refractivity contribution >= 4 is 10.9 Å². The number of nitrogens with zero attached hydrogens (tertiary/aromatic N) is 3. The molecule has 0 unspecified atom stereocenters. The van der Waals surface area contributed by atoms with Gasteiger partial charge in [-0.1, -0.05) is 0 Å². The van der Waals surface area contributed by atoms with Gasteiger partial charge in [-0.25, -0.2) is 0 Å². The van der Waals surface area contributed by atoms with Crippen molar-refractivity contribution in [3.8, 4) is 5.75 Å². The first-order valence-electron chi connectivity index (χ1n) is 9.11. The van der Waals surface area contributed by atoms with Gasteiger partial charge in [0.25, 0.3) is 0 Å². The second-order valence-electron chi connectivity index (χ2n) is 7.50. The van der Waals surface area contributed by atoms with Crippen LogP contribution in [0.25, 0.3) is 10.9 Å². The first kappa shape index (κ1) is 14.8. The number of aromatic nitrogens is 1. The summed E-state index contributed by atoms with van der Waals surface area (Å²) in [5, 5.41) is 1.38. The minimum atomic E-state index is 0.542. The molecular weight excluding hydrogens is 300 g/mol. The summed E-state index contributed by atoms with van der Waals surface area (Å²) < 4.78 is 5.40. The van der Waals surface area contributed by atoms with Crippen molar-refractivity contribution < 1.29 is 4.74 Å². The zero-order valence-electron chi connectivity index (χ0n) is 14.6. The number of likely N-dealkylation sites (N-methyl/N-ethyl adjacent to an activating group) is 1. The molecule has 1 N–H and O–H groups in total. The number of rotatable bonds is 1. The first-order chi connectivity index (χ1) is 11.7. The molecule has 0 bridgehead atoms. The van der Waals surface area contributed by atoms with Crippen LogP contribution in [0, 0.1) is 0 Å². The van der Waals surface area contributed by atoms with E-state index in [1.165, 1.54) is 61.3 Å². The minimum Gasteiger partial charge on any atom is -0.497 e. The van der Waals surface area contributed by atoms with Crippen LogP contribution in [0.15, 0.2) is 18.2 Å². The summed E-state index contributed by atoms with van der Waals surface area (Å²) in [6.45, 7) is 5.97. The SMILES string of the molecule is COc1ccc2c3c([nH]c2c1)[C@@H]1CCN2CCN(C)C[C@@H]2N1CC3. The van der Waals surface area contributed by atoms with Gasteiger partial charge in [0, 0.05) is 55.4 Å². The number of aromatic amines is 1. The third-order valence-electron chi connectivity index (χ3n) is 6.24. The van der Waals surface area contributed by atoms with E-state index < -0.39 is 0 Å². The average molecular weight is 326 g/mol. The average Bonchev–Trinajstić information content (AvgIpc) is 2.99. The zero-order valence-corrected chi connectivity index (χ0v) is 14.6. The summed E-state index contributed by atoms with van der Waals surface area (Å²) in [4.78, 5) is 11.7. The molecule has 0 amide bonds. The van der Waals surface area contributed by atoms with Crippen LogP contribution < -0.4 is 4.74 Å². The van der Waals surface area contributed by atoms with Crippen LogP contribution in [0.3, 0.4) is 0 Å². The largest absolute Gasteiger partial charge is 0.497 e. The smallest absolute Gasteiger partial charge is 0.120 e. The topological polar surface area (TPSA) is 34.7 Å². The highest BCUT2D eigenvalue weighted by molar-refractivity contribution is 5.86. The molecule has 2 aromatic rings. The van der Waals surface area contributed by atoms with Gasteiger partial charge in [0.2, 0.25) is 0 Å². The molecule has 5 rings (SSSR count). The molecule has 3 aliphatic heterocycles. The Kier molecular flexibility index (Phi) is 3.37. The predicted molar refractivity (Wildman–Crippen MR) is 95.5 cm³/mol. The van der Waals surface area contributed by atoms with Gasteiger partial charge in [-0.2, -0.15) is 0 Å². The number of benzene rings is 1. The van der Waals surface area contributed by atoms with E-state index in [-0.39, 0.29) is 0 Å². The third kappa shape index (κ3) is 2.11. The van der Waals surface area contributed by atoms with Crippen molar-refractivity contribution in [2.24, 2.45) is 0 Å². The number of H-pyrrole nitrogens is 1. The molecule has 2 atom stereocenters. The summed E-state index contributed by atoms with van der Waals surface area (Å²) in [6.07, 6.45) is 2.96. The lowest BCUT2D eigenvalue weighted by Crippen LogP contribution is -2.64. The summed E-state index contributed by atoms with van der Waals surface area (Å²) in [5.41, 5.74) is 4.22. The number of fused-ring (bicyclic) bond motifs is 7. The van der Waals surface area contributed by atoms with Crippen LogP contribution in [0.1, 0.15) is 23.7 Å². The second kappa shape index (κ2) is 5.48. The molecule has 1 aromatic heterocycles. The number of hydrogen-bond acceptors (Lipinski definition) is 4. The highest BCUT2D eigenvalue weighted by Crippen LogP contribution is 2.41. The van der Waals surface area contributed by atoms with Gasteiger partial charge >= 0.3 is 0 Å². The molecule has 2 fully saturated rings. The van der Waals surface area contributed by atoms with E-state index in [1.54, 1.807) is 7.11 Å². The molecule has 4 heterocycles. The van der Waals surface area contributed by atoms with Crippen molar-refractivity contribution in [2.75, 3.05) is 46.9 Å². The first-order valence-corrected chi connectivity index (χ1v) is 9.11. The van der Waals surface area contributed by atoms with E-state index >= 15 is 0 Å². The van der Waals surface area contributed by atoms with Crippen LogP contribution in [-0.2, 0) is 6.42 Å². The normalized spacial score (nSPS) is 28.4. The lowest BCUT2D eigenvalue weighted by atomic mass is 9.92. The van der Waals surface area contributed by atoms with Gasteiger partial charge in [-0.3, -0.25) is 9.80 Å². The molecule has 0 saturated carbocycles. The van der Waals surface area contributed by atoms with Gasteiger partial charge < -0.3 is 14.6 Å². The fourth-order valence-electron chi connectivity index (χ4n) is 4.96. The maximum absolute atomic E-state index is 5.40. The molecule has 2 saturated heterocycles. The number of piperazine rings is 1. The van der Waals surface area contributed by atoms with Crippen LogP contribution in [-0.4, -0.2) is 72.7 Å². The van der Waals surface area contributed by atoms with E-state index in [1.807, 2.05) is 0 Å². The molecular formula is C19H26N4O. The number of ether oxygens (including phenoxy) is 1. The van der Waals surface area contributed by atoms with Gasteiger partial charge in [0.15, 0.2) is 0 Å². The molecule has 5 heteroatoms. The Morgan fingerprint density at radius 2 is 2.08 bits per heavy atom. The van der Waals surface area contributed by atoms with Crippen molar-refractivity contribution in [1.82, 2.24) is 19.7 Å². The fraction of sp³-hybridized carbons (Fsp3) is 0.579. The van der Waals surface area contributed by atoms with E-state index in [0.29, 0.717) is 12.2 Å². The van der Waals surface area contributed by atoms with E-state index in [0.717, 1.165) is 12.2 Å². The molecule has 0 aliphatic carbocycles. The van der Waals surface area contributed by atoms with E-state index in [2.05, 4.69) is 44.9 Å². The van der Waals surface area contributed by atoms with Gasteiger partial charge in [-0.05, 0) is 37.6 Å². The Morgan fingerprint density at radius 1 is 1.17 bits per heavy atom. The maximum Gasteiger partial charge on any atom is 0.120 e. The van der Waals surface area contributed by atoms with E-state index in [9.17, 15) is 0 Å². The van der Waals surface area contributed by atoms with E-state index in [4.69, 9.17) is 4.74 Å². The van der Waals surface area contributed by atoms with Crippen LogP contribution in [0.2, 0.25) is 0 Å². The second-order valence-corrected chi connectivity index (χ2v) is 7.50. The maximum atomic E-state index is 5.40. The molecule has 3 aliphatic rings. The number of hydrogen-bond donors (Lipinski definition) is 1. The quantitative estimate of drug-likeness (QED) is 0.870. The van der Waals surface area contributed by atoms with Crippen molar-refractivity contribution in [1.29, 1.82) is 0 Å². The monoisotopic (exact) mass is 326 g/mol. The predicted octanol–water partition coefficient (Wildman–Crippen LogP) is 2.05. The zero-order chi connectivity index (χ0) is 16.3. The molecule has 0 radical (unpaired) electrons. The molecule has 5 nitrogen and oxygen atoms in total. The van der Waals surface area contributed by atoms with Crippen molar-refractivity contribution in [3.63, 3.8) is 0 Å². The Labute approximate surface area is 143 Å².